The fourth-order valence-electron chi connectivity index (χ4n) is 3.02. The van der Waals surface area contributed by atoms with Gasteiger partial charge in [0.1, 0.15) is 5.69 Å². The maximum atomic E-state index is 11.7. The van der Waals surface area contributed by atoms with Crippen molar-refractivity contribution in [1.82, 2.24) is 24.6 Å². The minimum atomic E-state index is 0.0639. The Bertz CT molecular complexity index is 661. The van der Waals surface area contributed by atoms with E-state index in [1.165, 1.54) is 0 Å². The summed E-state index contributed by atoms with van der Waals surface area (Å²) in [6.07, 6.45) is 7.32. The lowest BCUT2D eigenvalue weighted by atomic mass is 10.1. The molecule has 0 aliphatic carbocycles. The average Bonchev–Trinajstić information content (AvgIpc) is 3.16. The van der Waals surface area contributed by atoms with Crippen LogP contribution in [0.3, 0.4) is 0 Å². The number of nitrogens with zero attached hydrogens (tertiary/aromatic N) is 5. The van der Waals surface area contributed by atoms with Gasteiger partial charge in [-0.15, -0.1) is 0 Å². The molecule has 0 saturated carbocycles. The molecule has 116 valence electrons. The molecule has 1 aliphatic heterocycles. The van der Waals surface area contributed by atoms with Gasteiger partial charge in [-0.3, -0.25) is 19.4 Å². The first-order valence-corrected chi connectivity index (χ1v) is 7.71. The van der Waals surface area contributed by atoms with E-state index in [9.17, 15) is 4.79 Å². The Morgan fingerprint density at radius 3 is 2.77 bits per heavy atom. The molecule has 1 aliphatic rings. The average molecular weight is 299 g/mol. The Morgan fingerprint density at radius 1 is 1.32 bits per heavy atom. The van der Waals surface area contributed by atoms with E-state index in [2.05, 4.69) is 28.9 Å². The van der Waals surface area contributed by atoms with Crippen molar-refractivity contribution >= 4 is 5.91 Å². The van der Waals surface area contributed by atoms with E-state index in [1.54, 1.807) is 25.5 Å². The SMILES string of the molecule is CC(=O)N1CCCC1c1cnc(-c2ccnn2C(C)C)cn1. The van der Waals surface area contributed by atoms with Crippen LogP contribution in [0.2, 0.25) is 0 Å². The first-order chi connectivity index (χ1) is 10.6. The number of carbonyl (C=O) groups excluding carboxylic acids is 1. The van der Waals surface area contributed by atoms with Crippen molar-refractivity contribution in [2.75, 3.05) is 6.54 Å². The van der Waals surface area contributed by atoms with Gasteiger partial charge in [0, 0.05) is 25.7 Å². The highest BCUT2D eigenvalue weighted by molar-refractivity contribution is 5.74. The van der Waals surface area contributed by atoms with Gasteiger partial charge < -0.3 is 4.90 Å². The van der Waals surface area contributed by atoms with Crippen LogP contribution >= 0.6 is 0 Å². The summed E-state index contributed by atoms with van der Waals surface area (Å²) in [6.45, 7) is 6.59. The van der Waals surface area contributed by atoms with Crippen LogP contribution in [0.1, 0.15) is 51.4 Å². The topological polar surface area (TPSA) is 63.9 Å². The molecule has 1 saturated heterocycles. The van der Waals surface area contributed by atoms with Crippen molar-refractivity contribution in [3.05, 3.63) is 30.4 Å². The van der Waals surface area contributed by atoms with Crippen molar-refractivity contribution in [2.45, 2.75) is 45.7 Å². The summed E-state index contributed by atoms with van der Waals surface area (Å²) in [7, 11) is 0. The molecule has 3 rings (SSSR count). The number of rotatable bonds is 3. The number of aromatic nitrogens is 4. The Labute approximate surface area is 130 Å². The number of likely N-dealkylation sites (tertiary alicyclic amines) is 1. The number of amides is 1. The molecule has 22 heavy (non-hydrogen) atoms. The molecule has 1 unspecified atom stereocenters. The zero-order valence-electron chi connectivity index (χ0n) is 13.2. The normalized spacial score (nSPS) is 18.2. The number of hydrogen-bond donors (Lipinski definition) is 0. The monoisotopic (exact) mass is 299 g/mol. The smallest absolute Gasteiger partial charge is 0.220 e. The molecule has 0 spiro atoms. The second kappa shape index (κ2) is 5.87. The summed E-state index contributed by atoms with van der Waals surface area (Å²) in [6, 6.07) is 2.28. The van der Waals surface area contributed by atoms with Gasteiger partial charge in [0.2, 0.25) is 5.91 Å². The van der Waals surface area contributed by atoms with Gasteiger partial charge in [0.15, 0.2) is 0 Å². The third-order valence-corrected chi connectivity index (χ3v) is 4.09. The van der Waals surface area contributed by atoms with E-state index in [0.717, 1.165) is 36.5 Å². The predicted octanol–water partition coefficient (Wildman–Crippen LogP) is 2.60. The molecule has 1 atom stereocenters. The highest BCUT2D eigenvalue weighted by Gasteiger charge is 2.29. The van der Waals surface area contributed by atoms with E-state index in [1.807, 2.05) is 15.6 Å². The minimum absolute atomic E-state index is 0.0639. The quantitative estimate of drug-likeness (QED) is 0.874. The lowest BCUT2D eigenvalue weighted by Gasteiger charge is -2.22. The second-order valence-corrected chi connectivity index (χ2v) is 5.95. The van der Waals surface area contributed by atoms with Crippen molar-refractivity contribution in [3.63, 3.8) is 0 Å². The molecule has 1 amide bonds. The molecule has 2 aromatic rings. The van der Waals surface area contributed by atoms with E-state index in [0.29, 0.717) is 0 Å². The lowest BCUT2D eigenvalue weighted by molar-refractivity contribution is -0.129. The molecule has 0 aromatic carbocycles. The van der Waals surface area contributed by atoms with Gasteiger partial charge in [0.25, 0.3) is 0 Å². The van der Waals surface area contributed by atoms with Gasteiger partial charge in [0.05, 0.1) is 29.8 Å². The lowest BCUT2D eigenvalue weighted by Crippen LogP contribution is -2.28. The Kier molecular flexibility index (Phi) is 3.92. The summed E-state index contributed by atoms with van der Waals surface area (Å²) in [5, 5.41) is 4.32. The van der Waals surface area contributed by atoms with Crippen LogP contribution in [0, 0.1) is 0 Å². The van der Waals surface area contributed by atoms with Gasteiger partial charge in [-0.2, -0.15) is 5.10 Å². The molecule has 3 heterocycles. The van der Waals surface area contributed by atoms with Gasteiger partial charge in [-0.25, -0.2) is 0 Å². The summed E-state index contributed by atoms with van der Waals surface area (Å²) in [5.74, 6) is 0.103. The van der Waals surface area contributed by atoms with Crippen LogP contribution in [0.4, 0.5) is 0 Å². The molecular formula is C16H21N5O. The van der Waals surface area contributed by atoms with Crippen molar-refractivity contribution < 1.29 is 4.79 Å². The van der Waals surface area contributed by atoms with Gasteiger partial charge >= 0.3 is 0 Å². The zero-order valence-corrected chi connectivity index (χ0v) is 13.2. The molecule has 6 heteroatoms. The predicted molar refractivity (Wildman–Crippen MR) is 83.0 cm³/mol. The van der Waals surface area contributed by atoms with Crippen LogP contribution in [0.25, 0.3) is 11.4 Å². The Morgan fingerprint density at radius 2 is 2.14 bits per heavy atom. The van der Waals surface area contributed by atoms with Crippen LogP contribution in [0.5, 0.6) is 0 Å². The maximum absolute atomic E-state index is 11.7. The van der Waals surface area contributed by atoms with E-state index < -0.39 is 0 Å². The highest BCUT2D eigenvalue weighted by Crippen LogP contribution is 2.31. The van der Waals surface area contributed by atoms with Gasteiger partial charge in [-0.05, 0) is 32.8 Å². The number of carbonyl (C=O) groups is 1. The second-order valence-electron chi connectivity index (χ2n) is 5.95. The Hall–Kier alpha value is -2.24. The third kappa shape index (κ3) is 2.61. The van der Waals surface area contributed by atoms with Gasteiger partial charge in [-0.1, -0.05) is 0 Å². The fourth-order valence-corrected chi connectivity index (χ4v) is 3.02. The maximum Gasteiger partial charge on any atom is 0.220 e. The summed E-state index contributed by atoms with van der Waals surface area (Å²) in [5.41, 5.74) is 2.64. The standard InChI is InChI=1S/C16H21N5O/c1-11(2)21-16(6-7-19-21)14-10-17-13(9-18-14)15-5-4-8-20(15)12(3)22/h6-7,9-11,15H,4-5,8H2,1-3H3. The van der Waals surface area contributed by atoms with Crippen LogP contribution in [-0.4, -0.2) is 37.1 Å². The summed E-state index contributed by atoms with van der Waals surface area (Å²) < 4.78 is 1.93. The summed E-state index contributed by atoms with van der Waals surface area (Å²) in [4.78, 5) is 22.6. The largest absolute Gasteiger partial charge is 0.334 e. The first kappa shape index (κ1) is 14.7. The van der Waals surface area contributed by atoms with E-state index in [-0.39, 0.29) is 18.0 Å². The van der Waals surface area contributed by atoms with Crippen molar-refractivity contribution in [1.29, 1.82) is 0 Å². The molecule has 1 fully saturated rings. The minimum Gasteiger partial charge on any atom is -0.334 e. The molecule has 2 aromatic heterocycles. The highest BCUT2D eigenvalue weighted by atomic mass is 16.2. The molecule has 0 radical (unpaired) electrons. The van der Waals surface area contributed by atoms with Crippen LogP contribution < -0.4 is 0 Å². The third-order valence-electron chi connectivity index (χ3n) is 4.09. The zero-order chi connectivity index (χ0) is 15.7. The summed E-state index contributed by atoms with van der Waals surface area (Å²) >= 11 is 0. The molecule has 6 nitrogen and oxygen atoms in total. The fraction of sp³-hybridized carbons (Fsp3) is 0.500. The molecular weight excluding hydrogens is 278 g/mol. The van der Waals surface area contributed by atoms with Crippen molar-refractivity contribution in [2.24, 2.45) is 0 Å². The van der Waals surface area contributed by atoms with E-state index in [4.69, 9.17) is 0 Å². The van der Waals surface area contributed by atoms with E-state index >= 15 is 0 Å². The first-order valence-electron chi connectivity index (χ1n) is 7.71. The molecule has 0 bridgehead atoms. The number of hydrogen-bond acceptors (Lipinski definition) is 4. The van der Waals surface area contributed by atoms with Crippen molar-refractivity contribution in [3.8, 4) is 11.4 Å². The molecule has 0 N–H and O–H groups in total. The van der Waals surface area contributed by atoms with Crippen LogP contribution in [-0.2, 0) is 4.79 Å². The Balaban J connectivity index is 1.87. The van der Waals surface area contributed by atoms with Crippen LogP contribution in [0.15, 0.2) is 24.7 Å².